The van der Waals surface area contributed by atoms with Gasteiger partial charge < -0.3 is 20.1 Å². The van der Waals surface area contributed by atoms with Crippen LogP contribution in [0.5, 0.6) is 0 Å². The fourth-order valence-corrected chi connectivity index (χ4v) is 5.03. The Kier molecular flexibility index (Phi) is 9.25. The summed E-state index contributed by atoms with van der Waals surface area (Å²) in [4.78, 5) is 20.8. The van der Waals surface area contributed by atoms with E-state index >= 15 is 0 Å². The van der Waals surface area contributed by atoms with E-state index in [0.717, 1.165) is 86.5 Å². The van der Waals surface area contributed by atoms with Crippen LogP contribution in [0.3, 0.4) is 0 Å². The van der Waals surface area contributed by atoms with Gasteiger partial charge in [-0.15, -0.1) is 0 Å². The summed E-state index contributed by atoms with van der Waals surface area (Å²) in [7, 11) is 0. The zero-order valence-electron chi connectivity index (χ0n) is 23.4. The van der Waals surface area contributed by atoms with Crippen LogP contribution in [0.4, 0.5) is 11.6 Å². The number of imidazole rings is 1. The molecule has 37 heavy (non-hydrogen) atoms. The molecule has 4 rings (SSSR count). The molecular weight excluding hydrogens is 458 g/mol. The summed E-state index contributed by atoms with van der Waals surface area (Å²) in [6.45, 7) is 14.6. The van der Waals surface area contributed by atoms with Crippen molar-refractivity contribution in [1.29, 1.82) is 0 Å². The smallest absolute Gasteiger partial charge is 0.253 e. The van der Waals surface area contributed by atoms with E-state index in [2.05, 4.69) is 85.1 Å². The molecule has 6 heteroatoms. The molecule has 1 aromatic heterocycles. The second-order valence-corrected chi connectivity index (χ2v) is 11.3. The van der Waals surface area contributed by atoms with Crippen molar-refractivity contribution in [1.82, 2.24) is 19.8 Å². The maximum absolute atomic E-state index is 13.7. The minimum Gasteiger partial charge on any atom is -0.339 e. The largest absolute Gasteiger partial charge is 0.339 e. The molecule has 6 nitrogen and oxygen atoms in total. The Balaban J connectivity index is 1.69. The summed E-state index contributed by atoms with van der Waals surface area (Å²) in [5, 5.41) is 7.07. The van der Waals surface area contributed by atoms with Gasteiger partial charge in [-0.25, -0.2) is 4.98 Å². The lowest BCUT2D eigenvalue weighted by Gasteiger charge is -2.27. The molecule has 1 aliphatic rings. The maximum atomic E-state index is 13.7. The highest BCUT2D eigenvalue weighted by molar-refractivity contribution is 5.98. The van der Waals surface area contributed by atoms with Gasteiger partial charge in [-0.1, -0.05) is 46.8 Å². The Morgan fingerprint density at radius 3 is 2.27 bits per heavy atom. The molecule has 0 radical (unpaired) electrons. The average molecular weight is 504 g/mol. The Bertz CT molecular complexity index is 1150. The van der Waals surface area contributed by atoms with Crippen LogP contribution in [-0.2, 0) is 6.42 Å². The fraction of sp³-hybridized carbons (Fsp3) is 0.548. The van der Waals surface area contributed by atoms with Crippen LogP contribution in [0.25, 0.3) is 11.0 Å². The second-order valence-electron chi connectivity index (χ2n) is 11.3. The Hall–Kier alpha value is -2.86. The summed E-state index contributed by atoms with van der Waals surface area (Å²) in [6, 6.07) is 15.0. The van der Waals surface area contributed by atoms with Crippen LogP contribution in [0, 0.1) is 11.8 Å². The van der Waals surface area contributed by atoms with Crippen molar-refractivity contribution in [3.05, 3.63) is 53.6 Å². The van der Waals surface area contributed by atoms with Gasteiger partial charge in [0.25, 0.3) is 5.91 Å². The van der Waals surface area contributed by atoms with E-state index in [1.807, 2.05) is 12.1 Å². The number of anilines is 2. The lowest BCUT2D eigenvalue weighted by Crippen LogP contribution is -2.34. The third-order valence-corrected chi connectivity index (χ3v) is 7.47. The molecule has 3 aromatic rings. The molecule has 0 bridgehead atoms. The van der Waals surface area contributed by atoms with E-state index in [9.17, 15) is 4.79 Å². The quantitative estimate of drug-likeness (QED) is 0.302. The number of piperidine rings is 1. The average Bonchev–Trinajstić information content (AvgIpc) is 3.26. The van der Waals surface area contributed by atoms with Gasteiger partial charge in [0.05, 0.1) is 11.0 Å². The van der Waals surface area contributed by atoms with Crippen molar-refractivity contribution in [2.45, 2.75) is 72.8 Å². The molecule has 0 atom stereocenters. The minimum atomic E-state index is 0.130. The van der Waals surface area contributed by atoms with Gasteiger partial charge in [0.1, 0.15) is 0 Å². The first-order valence-electron chi connectivity index (χ1n) is 14.2. The van der Waals surface area contributed by atoms with Crippen LogP contribution in [0.2, 0.25) is 0 Å². The number of aromatic nitrogens is 2. The first kappa shape index (κ1) is 27.2. The predicted octanol–water partition coefficient (Wildman–Crippen LogP) is 6.80. The van der Waals surface area contributed by atoms with Gasteiger partial charge in [0.15, 0.2) is 0 Å². The van der Waals surface area contributed by atoms with Gasteiger partial charge in [-0.3, -0.25) is 4.79 Å². The summed E-state index contributed by atoms with van der Waals surface area (Å²) in [5.41, 5.74) is 5.08. The van der Waals surface area contributed by atoms with Crippen molar-refractivity contribution in [3.8, 4) is 0 Å². The molecule has 1 amide bonds. The van der Waals surface area contributed by atoms with Gasteiger partial charge in [-0.05, 0) is 92.9 Å². The number of nitrogens with zero attached hydrogens (tertiary/aromatic N) is 3. The minimum absolute atomic E-state index is 0.130. The number of carbonyl (C=O) groups is 1. The van der Waals surface area contributed by atoms with Crippen LogP contribution in [0.15, 0.2) is 42.5 Å². The van der Waals surface area contributed by atoms with E-state index < -0.39 is 0 Å². The zero-order valence-corrected chi connectivity index (χ0v) is 23.4. The summed E-state index contributed by atoms with van der Waals surface area (Å²) < 4.78 is 2.34. The van der Waals surface area contributed by atoms with Crippen molar-refractivity contribution >= 4 is 28.6 Å². The number of carbonyl (C=O) groups excluding carboxylic acids is 1. The molecule has 0 unspecified atom stereocenters. The zero-order chi connectivity index (χ0) is 26.4. The van der Waals surface area contributed by atoms with Crippen molar-refractivity contribution in [2.75, 3.05) is 31.5 Å². The standard InChI is InChI=1S/C31H45N5O/c1-6-24-7-10-26(11-8-24)33-31-34-28-12-9-25(21-29(28)36(31)27-13-17-32-18-14-27)30(37)35(19-15-22(2)3)20-16-23(4)5/h7-12,21-23,27,32H,6,13-20H2,1-5H3,(H,33,34). The number of nitrogens with one attached hydrogen (secondary N) is 2. The van der Waals surface area contributed by atoms with E-state index in [1.54, 1.807) is 0 Å². The number of hydrogen-bond donors (Lipinski definition) is 2. The Morgan fingerprint density at radius 1 is 1.03 bits per heavy atom. The number of amides is 1. The van der Waals surface area contributed by atoms with Crippen LogP contribution < -0.4 is 10.6 Å². The van der Waals surface area contributed by atoms with Gasteiger partial charge >= 0.3 is 0 Å². The van der Waals surface area contributed by atoms with Crippen molar-refractivity contribution in [2.24, 2.45) is 11.8 Å². The molecule has 0 saturated carbocycles. The number of benzene rings is 2. The first-order valence-corrected chi connectivity index (χ1v) is 14.2. The van der Waals surface area contributed by atoms with Crippen LogP contribution >= 0.6 is 0 Å². The number of fused-ring (bicyclic) bond motifs is 1. The third kappa shape index (κ3) is 6.92. The summed E-state index contributed by atoms with van der Waals surface area (Å²) in [5.74, 6) is 2.12. The Morgan fingerprint density at radius 2 is 1.68 bits per heavy atom. The van der Waals surface area contributed by atoms with Gasteiger partial charge in [0, 0.05) is 30.4 Å². The molecule has 1 aliphatic heterocycles. The fourth-order valence-electron chi connectivity index (χ4n) is 5.03. The first-order chi connectivity index (χ1) is 17.9. The summed E-state index contributed by atoms with van der Waals surface area (Å²) >= 11 is 0. The molecule has 2 heterocycles. The van der Waals surface area contributed by atoms with E-state index in [0.29, 0.717) is 17.9 Å². The van der Waals surface area contributed by atoms with E-state index in [-0.39, 0.29) is 5.91 Å². The maximum Gasteiger partial charge on any atom is 0.253 e. The van der Waals surface area contributed by atoms with Crippen LogP contribution in [-0.4, -0.2) is 46.5 Å². The third-order valence-electron chi connectivity index (χ3n) is 7.47. The van der Waals surface area contributed by atoms with E-state index in [4.69, 9.17) is 4.98 Å². The molecule has 1 saturated heterocycles. The molecule has 0 spiro atoms. The molecule has 200 valence electrons. The lowest BCUT2D eigenvalue weighted by molar-refractivity contribution is 0.0741. The SMILES string of the molecule is CCc1ccc(Nc2nc3ccc(C(=O)N(CCC(C)C)CCC(C)C)cc3n2C2CCNCC2)cc1. The van der Waals surface area contributed by atoms with Crippen molar-refractivity contribution < 1.29 is 4.79 Å². The van der Waals surface area contributed by atoms with Gasteiger partial charge in [-0.2, -0.15) is 0 Å². The molecule has 2 N–H and O–H groups in total. The summed E-state index contributed by atoms with van der Waals surface area (Å²) in [6.07, 6.45) is 5.15. The van der Waals surface area contributed by atoms with Gasteiger partial charge in [0.2, 0.25) is 5.95 Å². The highest BCUT2D eigenvalue weighted by atomic mass is 16.2. The van der Waals surface area contributed by atoms with E-state index in [1.165, 1.54) is 5.56 Å². The molecule has 1 fully saturated rings. The molecule has 2 aromatic carbocycles. The predicted molar refractivity (Wildman–Crippen MR) is 155 cm³/mol. The monoisotopic (exact) mass is 503 g/mol. The number of hydrogen-bond acceptors (Lipinski definition) is 4. The molecule has 0 aliphatic carbocycles. The molecular formula is C31H45N5O. The second kappa shape index (κ2) is 12.6. The lowest BCUT2D eigenvalue weighted by atomic mass is 10.1. The van der Waals surface area contributed by atoms with Crippen molar-refractivity contribution in [3.63, 3.8) is 0 Å². The Labute approximate surface area is 222 Å². The topological polar surface area (TPSA) is 62.2 Å². The number of aryl methyl sites for hydroxylation is 1. The number of rotatable bonds is 11. The highest BCUT2D eigenvalue weighted by Crippen LogP contribution is 2.32. The normalized spacial score (nSPS) is 14.6. The van der Waals surface area contributed by atoms with Crippen LogP contribution in [0.1, 0.15) is 82.3 Å². The highest BCUT2D eigenvalue weighted by Gasteiger charge is 2.24.